The largest absolute Gasteiger partial charge is 0.454 e. The predicted octanol–water partition coefficient (Wildman–Crippen LogP) is 29.9. The molecule has 17 aromatic carbocycles. The van der Waals surface area contributed by atoms with Crippen LogP contribution >= 0.6 is 0 Å². The molecule has 0 saturated heterocycles. The fourth-order valence-corrected chi connectivity index (χ4v) is 18.0. The van der Waals surface area contributed by atoms with Crippen molar-refractivity contribution >= 4 is 121 Å². The third-order valence-corrected chi connectivity index (χ3v) is 24.2. The van der Waals surface area contributed by atoms with Gasteiger partial charge in [0, 0.05) is 104 Å². The van der Waals surface area contributed by atoms with E-state index in [1.165, 1.54) is 0 Å². The lowest BCUT2D eigenvalue weighted by Crippen LogP contribution is -2.00. The van der Waals surface area contributed by atoms with Crippen LogP contribution in [0.3, 0.4) is 0 Å². The normalized spacial score (nSPS) is 11.6. The fourth-order valence-electron chi connectivity index (χ4n) is 18.0. The monoisotopic (exact) mass is 1650 g/mol. The maximum Gasteiger partial charge on any atom is 0.164 e. The molecule has 13 nitrogen and oxygen atoms in total. The molecule has 9 heterocycles. The first kappa shape index (κ1) is 75.1. The van der Waals surface area contributed by atoms with E-state index in [4.69, 9.17) is 53.1 Å². The minimum Gasteiger partial charge on any atom is -0.454 e. The van der Waals surface area contributed by atoms with Gasteiger partial charge >= 0.3 is 0 Å². The third kappa shape index (κ3) is 13.6. The van der Waals surface area contributed by atoms with Crippen LogP contribution in [0.25, 0.3) is 245 Å². The van der Waals surface area contributed by atoms with Gasteiger partial charge in [-0.25, -0.2) is 39.9 Å². The highest BCUT2D eigenvalue weighted by Crippen LogP contribution is 2.45. The molecule has 9 aromatic heterocycles. The van der Waals surface area contributed by atoms with Crippen molar-refractivity contribution in [3.63, 3.8) is 0 Å². The molecular weight excluding hydrogens is 1580 g/mol. The number of nitrogens with zero attached hydrogens (tertiary/aromatic N) is 10. The molecule has 0 aliphatic rings. The molecule has 0 atom stereocenters. The smallest absolute Gasteiger partial charge is 0.164 e. The minimum atomic E-state index is 0.615. The van der Waals surface area contributed by atoms with Crippen molar-refractivity contribution in [3.05, 3.63) is 437 Å². The molecule has 0 spiro atoms. The Hall–Kier alpha value is -17.7. The van der Waals surface area contributed by atoms with Crippen molar-refractivity contribution in [2.24, 2.45) is 0 Å². The van der Waals surface area contributed by atoms with E-state index in [-0.39, 0.29) is 0 Å². The van der Waals surface area contributed by atoms with Crippen LogP contribution in [0.5, 0.6) is 0 Å². The van der Waals surface area contributed by atoms with Crippen LogP contribution in [0.1, 0.15) is 0 Å². The molecule has 0 aliphatic carbocycles. The SMILES string of the molecule is c1ccc(-c2nc(-c3ccccc3)nc(-c3ccc(-c4nc5ccccc5c5c4oc4ccccc45)cc3)n2)cc1.c1ccc(-c2nc3ccccc3n2-c2ccc(-c3ccc(-c4nc5ccccc5c5c4oc4ccccc45)cc3)cc2)cc1.c1ccc(-n2c(-c3ccc(-c4ccc(-c5nc6ccccc6c6c5oc5ccccc56)cc4)cc3)nc3ccccc32)cc1. The molecule has 129 heavy (non-hydrogen) atoms. The van der Waals surface area contributed by atoms with Gasteiger partial charge in [0.05, 0.1) is 38.6 Å². The Morgan fingerprint density at radius 1 is 0.163 bits per heavy atom. The number of rotatable bonds is 12. The van der Waals surface area contributed by atoms with Crippen LogP contribution in [-0.4, -0.2) is 49.0 Å². The molecule has 0 saturated carbocycles. The van der Waals surface area contributed by atoms with Gasteiger partial charge in [0.25, 0.3) is 0 Å². The molecule has 604 valence electrons. The lowest BCUT2D eigenvalue weighted by Gasteiger charge is -2.11. The predicted molar refractivity (Wildman–Crippen MR) is 524 cm³/mol. The van der Waals surface area contributed by atoms with Crippen molar-refractivity contribution in [3.8, 4) is 124 Å². The van der Waals surface area contributed by atoms with Gasteiger partial charge in [-0.05, 0) is 107 Å². The summed E-state index contributed by atoms with van der Waals surface area (Å²) in [5, 5.41) is 9.92. The van der Waals surface area contributed by atoms with E-state index in [9.17, 15) is 0 Å². The summed E-state index contributed by atoms with van der Waals surface area (Å²) in [6, 6.07) is 150. The number of furan rings is 3. The Bertz CT molecular complexity index is 8690. The number of hydrogen-bond acceptors (Lipinski definition) is 11. The molecule has 0 amide bonds. The van der Waals surface area contributed by atoms with Crippen molar-refractivity contribution < 1.29 is 13.3 Å². The van der Waals surface area contributed by atoms with Gasteiger partial charge in [0.15, 0.2) is 34.2 Å². The highest BCUT2D eigenvalue weighted by Gasteiger charge is 2.24. The summed E-state index contributed by atoms with van der Waals surface area (Å²) < 4.78 is 23.7. The van der Waals surface area contributed by atoms with Crippen LogP contribution in [0.2, 0.25) is 0 Å². The van der Waals surface area contributed by atoms with E-state index >= 15 is 0 Å². The Labute approximate surface area is 739 Å². The molecule has 0 N–H and O–H groups in total. The maximum absolute atomic E-state index is 6.41. The highest BCUT2D eigenvalue weighted by atomic mass is 16.3. The zero-order valence-electron chi connectivity index (χ0n) is 69.3. The summed E-state index contributed by atoms with van der Waals surface area (Å²) in [7, 11) is 0. The van der Waals surface area contributed by atoms with Gasteiger partial charge in [-0.15, -0.1) is 0 Å². The third-order valence-electron chi connectivity index (χ3n) is 24.2. The van der Waals surface area contributed by atoms with Gasteiger partial charge in [0.1, 0.15) is 45.5 Å². The zero-order valence-corrected chi connectivity index (χ0v) is 69.3. The molecule has 0 fully saturated rings. The summed E-state index contributed by atoms with van der Waals surface area (Å²) in [5.41, 5.74) is 29.2. The number of benzene rings is 17. The first-order valence-corrected chi connectivity index (χ1v) is 43.0. The number of aromatic nitrogens is 10. The van der Waals surface area contributed by atoms with Gasteiger partial charge < -0.3 is 13.3 Å². The van der Waals surface area contributed by atoms with Crippen LogP contribution in [0, 0.1) is 0 Å². The van der Waals surface area contributed by atoms with Gasteiger partial charge in [0.2, 0.25) is 0 Å². The van der Waals surface area contributed by atoms with Crippen molar-refractivity contribution in [1.29, 1.82) is 0 Å². The highest BCUT2D eigenvalue weighted by molar-refractivity contribution is 6.23. The number of pyridine rings is 3. The summed E-state index contributed by atoms with van der Waals surface area (Å²) in [5.74, 6) is 3.75. The first-order chi connectivity index (χ1) is 63.9. The average Bonchev–Trinajstić information content (AvgIpc) is 1.62. The van der Waals surface area contributed by atoms with Crippen molar-refractivity contribution in [1.82, 2.24) is 49.0 Å². The number of para-hydroxylation sites is 11. The van der Waals surface area contributed by atoms with E-state index < -0.39 is 0 Å². The number of fused-ring (bicyclic) bond motifs is 17. The van der Waals surface area contributed by atoms with E-state index in [1.807, 2.05) is 164 Å². The van der Waals surface area contributed by atoms with Gasteiger partial charge in [-0.1, -0.05) is 352 Å². The molecular formula is C116H72N10O3. The van der Waals surface area contributed by atoms with E-state index in [0.717, 1.165) is 227 Å². The Morgan fingerprint density at radius 3 is 0.760 bits per heavy atom. The molecule has 0 aliphatic heterocycles. The second-order valence-electron chi connectivity index (χ2n) is 32.0. The van der Waals surface area contributed by atoms with Gasteiger partial charge in [-0.3, -0.25) is 9.13 Å². The summed E-state index contributed by atoms with van der Waals surface area (Å²) in [6.07, 6.45) is 0. The lowest BCUT2D eigenvalue weighted by atomic mass is 9.99. The second-order valence-corrected chi connectivity index (χ2v) is 32.0. The first-order valence-electron chi connectivity index (χ1n) is 43.0. The molecule has 0 bridgehead atoms. The van der Waals surface area contributed by atoms with Crippen LogP contribution < -0.4 is 0 Å². The average molecular weight is 1650 g/mol. The molecule has 13 heteroatoms. The fraction of sp³-hybridized carbons (Fsp3) is 0. The Kier molecular flexibility index (Phi) is 18.6. The van der Waals surface area contributed by atoms with E-state index in [1.54, 1.807) is 0 Å². The second kappa shape index (κ2) is 31.9. The van der Waals surface area contributed by atoms with Crippen LogP contribution in [-0.2, 0) is 0 Å². The quantitative estimate of drug-likeness (QED) is 0.115. The van der Waals surface area contributed by atoms with Gasteiger partial charge in [-0.2, -0.15) is 0 Å². The standard InChI is InChI=1S/2C40H25N3O.C36H22N4O/c1-2-10-30(11-3-1)43-35-16-8-7-15-34(35)42-40(43)29-24-20-27(21-25-29)26-18-22-28(23-19-26)38-39-37(31-12-4-6-14-33(31)41-38)32-13-5-9-17-36(32)44-39;1-2-10-29(11-3-1)40-42-34-15-7-8-16-35(34)43(40)30-24-22-27(23-25-30)26-18-20-28(21-19-26)38-39-37(31-12-4-6-14-33(31)41-38)32-13-5-9-17-36(32)44-39;1-3-11-24(12-4-1)34-38-35(25-13-5-2-6-14-25)40-36(39-34)26-21-19-23(20-22-26)32-33-31(27-15-7-9-17-29(27)37-32)28-16-8-10-18-30(28)41-33/h2*1-25H;1-22H. The lowest BCUT2D eigenvalue weighted by molar-refractivity contribution is 0.668. The van der Waals surface area contributed by atoms with Crippen LogP contribution in [0.4, 0.5) is 0 Å². The topological polar surface area (TPSA) is 152 Å². The molecule has 26 aromatic rings. The molecule has 0 unspecified atom stereocenters. The van der Waals surface area contributed by atoms with Crippen LogP contribution in [0.15, 0.2) is 450 Å². The number of hydrogen-bond donors (Lipinski definition) is 0. The van der Waals surface area contributed by atoms with Crippen molar-refractivity contribution in [2.75, 3.05) is 0 Å². The van der Waals surface area contributed by atoms with Crippen molar-refractivity contribution in [2.45, 2.75) is 0 Å². The molecule has 0 radical (unpaired) electrons. The zero-order chi connectivity index (χ0) is 85.2. The Morgan fingerprint density at radius 2 is 0.403 bits per heavy atom. The summed E-state index contributed by atoms with van der Waals surface area (Å²) in [6.45, 7) is 0. The summed E-state index contributed by atoms with van der Waals surface area (Å²) in [4.78, 5) is 39.7. The summed E-state index contributed by atoms with van der Waals surface area (Å²) >= 11 is 0. The maximum atomic E-state index is 6.41. The van der Waals surface area contributed by atoms with E-state index in [2.05, 4.69) is 282 Å². The molecule has 26 rings (SSSR count). The van der Waals surface area contributed by atoms with E-state index in [0.29, 0.717) is 17.5 Å². The number of imidazole rings is 2. The minimum absolute atomic E-state index is 0.615. The Balaban J connectivity index is 0.000000108.